The number of alkyl carbamates (subject to hydrolysis) is 1. The molecule has 1 aliphatic rings. The molecule has 0 spiro atoms. The standard InChI is InChI=1S/C29H36N2O7/c1-36-27(34)29(17-11-3-2-4-12-18-29)31-26(33)24(19-25(32)37-20-22-13-7-5-8-14-22)30-28(35)38-21-23-15-9-6-10-16-23/h5-10,13-16,24H,2-4,11-12,17-21H2,1H3,(H,30,35)(H,31,33)/t24-/m0/s1. The maximum atomic E-state index is 13.5. The number of hydrogen-bond acceptors (Lipinski definition) is 7. The van der Waals surface area contributed by atoms with Crippen molar-refractivity contribution >= 4 is 23.9 Å². The second kappa shape index (κ2) is 14.8. The Balaban J connectivity index is 1.71. The van der Waals surface area contributed by atoms with E-state index in [1.165, 1.54) is 7.11 Å². The van der Waals surface area contributed by atoms with E-state index >= 15 is 0 Å². The molecule has 2 amide bonds. The molecule has 9 heteroatoms. The number of rotatable bonds is 10. The lowest BCUT2D eigenvalue weighted by molar-refractivity contribution is -0.153. The van der Waals surface area contributed by atoms with E-state index in [4.69, 9.17) is 14.2 Å². The first-order chi connectivity index (χ1) is 18.4. The van der Waals surface area contributed by atoms with Crippen LogP contribution in [0.1, 0.15) is 62.5 Å². The van der Waals surface area contributed by atoms with Crippen LogP contribution in [0, 0.1) is 0 Å². The number of carbonyl (C=O) groups is 4. The third kappa shape index (κ3) is 8.90. The van der Waals surface area contributed by atoms with Gasteiger partial charge in [0, 0.05) is 0 Å². The normalized spacial score (nSPS) is 15.6. The minimum Gasteiger partial charge on any atom is -0.467 e. The second-order valence-electron chi connectivity index (χ2n) is 9.44. The molecule has 1 fully saturated rings. The maximum absolute atomic E-state index is 13.5. The summed E-state index contributed by atoms with van der Waals surface area (Å²) in [4.78, 5) is 51.6. The molecule has 0 radical (unpaired) electrons. The van der Waals surface area contributed by atoms with Gasteiger partial charge in [-0.15, -0.1) is 0 Å². The zero-order valence-electron chi connectivity index (χ0n) is 21.8. The zero-order valence-corrected chi connectivity index (χ0v) is 21.8. The molecule has 9 nitrogen and oxygen atoms in total. The van der Waals surface area contributed by atoms with Crippen molar-refractivity contribution in [1.82, 2.24) is 10.6 Å². The van der Waals surface area contributed by atoms with Gasteiger partial charge in [0.25, 0.3) is 0 Å². The maximum Gasteiger partial charge on any atom is 0.408 e. The van der Waals surface area contributed by atoms with Crippen molar-refractivity contribution in [2.24, 2.45) is 0 Å². The minimum atomic E-state index is -1.31. The van der Waals surface area contributed by atoms with E-state index in [1.807, 2.05) is 48.5 Å². The average Bonchev–Trinajstić information content (AvgIpc) is 2.92. The third-order valence-electron chi connectivity index (χ3n) is 6.58. The van der Waals surface area contributed by atoms with Crippen LogP contribution in [0.25, 0.3) is 0 Å². The molecule has 2 aromatic rings. The highest BCUT2D eigenvalue weighted by Crippen LogP contribution is 2.28. The molecule has 0 bridgehead atoms. The van der Waals surface area contributed by atoms with E-state index < -0.39 is 41.9 Å². The monoisotopic (exact) mass is 524 g/mol. The van der Waals surface area contributed by atoms with Gasteiger partial charge in [0.15, 0.2) is 0 Å². The number of benzene rings is 2. The SMILES string of the molecule is COC(=O)C1(NC(=O)[C@H](CC(=O)OCc2ccccc2)NC(=O)OCc2ccccc2)CCCCCCC1. The van der Waals surface area contributed by atoms with Crippen LogP contribution in [0.15, 0.2) is 60.7 Å². The quantitative estimate of drug-likeness (QED) is 0.353. The number of ether oxygens (including phenoxy) is 3. The Morgan fingerprint density at radius 1 is 0.789 bits per heavy atom. The van der Waals surface area contributed by atoms with Crippen molar-refractivity contribution in [2.75, 3.05) is 7.11 Å². The van der Waals surface area contributed by atoms with Gasteiger partial charge in [-0.25, -0.2) is 9.59 Å². The van der Waals surface area contributed by atoms with Gasteiger partial charge in [0.05, 0.1) is 13.5 Å². The Labute approximate surface area is 223 Å². The molecule has 204 valence electrons. The molecule has 0 aromatic heterocycles. The van der Waals surface area contributed by atoms with E-state index in [-0.39, 0.29) is 13.2 Å². The van der Waals surface area contributed by atoms with E-state index in [2.05, 4.69) is 10.6 Å². The summed E-state index contributed by atoms with van der Waals surface area (Å²) in [6.45, 7) is 0.0180. The lowest BCUT2D eigenvalue weighted by Crippen LogP contribution is -2.60. The van der Waals surface area contributed by atoms with Crippen LogP contribution in [0.4, 0.5) is 4.79 Å². The van der Waals surface area contributed by atoms with Crippen LogP contribution in [0.3, 0.4) is 0 Å². The fourth-order valence-electron chi connectivity index (χ4n) is 4.49. The number of carbonyl (C=O) groups excluding carboxylic acids is 4. The lowest BCUT2D eigenvalue weighted by Gasteiger charge is -2.34. The third-order valence-corrected chi connectivity index (χ3v) is 6.58. The molecule has 0 saturated heterocycles. The first kappa shape index (κ1) is 28.7. The van der Waals surface area contributed by atoms with Crippen molar-refractivity contribution in [3.8, 4) is 0 Å². The van der Waals surface area contributed by atoms with Gasteiger partial charge in [0.1, 0.15) is 24.8 Å². The summed E-state index contributed by atoms with van der Waals surface area (Å²) < 4.78 is 15.7. The molecule has 1 saturated carbocycles. The average molecular weight is 525 g/mol. The molecular formula is C29H36N2O7. The summed E-state index contributed by atoms with van der Waals surface area (Å²) >= 11 is 0. The molecule has 0 heterocycles. The number of hydrogen-bond donors (Lipinski definition) is 2. The zero-order chi connectivity index (χ0) is 27.2. The van der Waals surface area contributed by atoms with Crippen LogP contribution < -0.4 is 10.6 Å². The van der Waals surface area contributed by atoms with Gasteiger partial charge in [0.2, 0.25) is 5.91 Å². The smallest absolute Gasteiger partial charge is 0.408 e. The second-order valence-corrected chi connectivity index (χ2v) is 9.44. The summed E-state index contributed by atoms with van der Waals surface area (Å²) in [6.07, 6.45) is 3.95. The van der Waals surface area contributed by atoms with Crippen molar-refractivity contribution in [1.29, 1.82) is 0 Å². The van der Waals surface area contributed by atoms with Gasteiger partial charge in [-0.2, -0.15) is 0 Å². The van der Waals surface area contributed by atoms with Crippen molar-refractivity contribution in [3.63, 3.8) is 0 Å². The molecule has 0 unspecified atom stereocenters. The number of methoxy groups -OCH3 is 1. The number of amides is 2. The van der Waals surface area contributed by atoms with Gasteiger partial charge < -0.3 is 24.8 Å². The van der Waals surface area contributed by atoms with Gasteiger partial charge in [-0.05, 0) is 24.0 Å². The van der Waals surface area contributed by atoms with Gasteiger partial charge in [-0.1, -0.05) is 92.8 Å². The summed E-state index contributed by atoms with van der Waals surface area (Å²) in [5.74, 6) is -1.89. The van der Waals surface area contributed by atoms with Crippen LogP contribution in [-0.4, -0.2) is 42.6 Å². The van der Waals surface area contributed by atoms with Crippen LogP contribution in [-0.2, 0) is 41.8 Å². The largest absolute Gasteiger partial charge is 0.467 e. The van der Waals surface area contributed by atoms with Crippen LogP contribution in [0.5, 0.6) is 0 Å². The predicted molar refractivity (Wildman–Crippen MR) is 140 cm³/mol. The van der Waals surface area contributed by atoms with Crippen molar-refractivity contribution in [3.05, 3.63) is 71.8 Å². The fraction of sp³-hybridized carbons (Fsp3) is 0.448. The van der Waals surface area contributed by atoms with Gasteiger partial charge >= 0.3 is 18.0 Å². The van der Waals surface area contributed by atoms with Crippen LogP contribution in [0.2, 0.25) is 0 Å². The molecule has 1 atom stereocenters. The Kier molecular flexibility index (Phi) is 11.1. The highest BCUT2D eigenvalue weighted by Gasteiger charge is 2.42. The molecule has 3 rings (SSSR count). The minimum absolute atomic E-state index is 0.00837. The predicted octanol–water partition coefficient (Wildman–Crippen LogP) is 4.19. The number of nitrogens with one attached hydrogen (secondary N) is 2. The van der Waals surface area contributed by atoms with Gasteiger partial charge in [-0.3, -0.25) is 9.59 Å². The Hall–Kier alpha value is -3.88. The van der Waals surface area contributed by atoms with E-state index in [0.29, 0.717) is 12.8 Å². The summed E-state index contributed by atoms with van der Waals surface area (Å²) in [6, 6.07) is 16.9. The molecule has 1 aliphatic carbocycles. The molecule has 2 aromatic carbocycles. The van der Waals surface area contributed by atoms with Crippen LogP contribution >= 0.6 is 0 Å². The van der Waals surface area contributed by atoms with E-state index in [9.17, 15) is 19.2 Å². The van der Waals surface area contributed by atoms with E-state index in [0.717, 1.165) is 43.2 Å². The summed E-state index contributed by atoms with van der Waals surface area (Å²) in [7, 11) is 1.28. The first-order valence-electron chi connectivity index (χ1n) is 13.0. The highest BCUT2D eigenvalue weighted by atomic mass is 16.6. The summed E-state index contributed by atoms with van der Waals surface area (Å²) in [5, 5.41) is 5.30. The van der Waals surface area contributed by atoms with E-state index in [1.54, 1.807) is 12.1 Å². The lowest BCUT2D eigenvalue weighted by atomic mass is 9.83. The number of esters is 2. The Morgan fingerprint density at radius 3 is 1.87 bits per heavy atom. The highest BCUT2D eigenvalue weighted by molar-refractivity contribution is 5.94. The summed E-state index contributed by atoms with van der Waals surface area (Å²) in [5.41, 5.74) is 0.329. The Morgan fingerprint density at radius 2 is 1.32 bits per heavy atom. The molecular weight excluding hydrogens is 488 g/mol. The molecule has 0 aliphatic heterocycles. The topological polar surface area (TPSA) is 120 Å². The van der Waals surface area contributed by atoms with Crippen molar-refractivity contribution in [2.45, 2.75) is 76.2 Å². The first-order valence-corrected chi connectivity index (χ1v) is 13.0. The fourth-order valence-corrected chi connectivity index (χ4v) is 4.49. The van der Waals surface area contributed by atoms with Crippen molar-refractivity contribution < 1.29 is 33.4 Å². The Bertz CT molecular complexity index is 994. The molecule has 2 N–H and O–H groups in total. The molecule has 38 heavy (non-hydrogen) atoms.